The van der Waals surface area contributed by atoms with Gasteiger partial charge in [0.15, 0.2) is 5.78 Å². The number of primary amides is 1. The maximum absolute atomic E-state index is 12.4. The first-order valence-electron chi connectivity index (χ1n) is 8.85. The largest absolute Gasteiger partial charge is 0.382 e. The van der Waals surface area contributed by atoms with E-state index < -0.39 is 17.9 Å². The third-order valence-corrected chi connectivity index (χ3v) is 4.04. The minimum Gasteiger partial charge on any atom is -0.382 e. The van der Waals surface area contributed by atoms with Crippen LogP contribution in [0.3, 0.4) is 0 Å². The molecule has 0 radical (unpaired) electrons. The van der Waals surface area contributed by atoms with Crippen molar-refractivity contribution in [3.8, 4) is 0 Å². The van der Waals surface area contributed by atoms with E-state index in [2.05, 4.69) is 5.32 Å². The maximum Gasteiger partial charge on any atom is 0.246 e. The van der Waals surface area contributed by atoms with Crippen LogP contribution in [0.1, 0.15) is 21.5 Å². The zero-order valence-corrected chi connectivity index (χ0v) is 15.7. The van der Waals surface area contributed by atoms with E-state index in [9.17, 15) is 14.4 Å². The second-order valence-corrected chi connectivity index (χ2v) is 6.16. The van der Waals surface area contributed by atoms with Gasteiger partial charge in [-0.05, 0) is 5.56 Å². The van der Waals surface area contributed by atoms with Crippen LogP contribution >= 0.6 is 0 Å². The van der Waals surface area contributed by atoms with Gasteiger partial charge in [0.1, 0.15) is 12.6 Å². The van der Waals surface area contributed by atoms with Crippen molar-refractivity contribution in [1.82, 2.24) is 5.32 Å². The average molecular weight is 384 g/mol. The standard InChI is InChI=1S/C21H24N2O5/c1-27-11-12-28-14-19(24)23-18(21(22)26)13-15-7-9-17(10-8-15)20(25)16-5-3-2-4-6-16/h2-10,18H,11-14H2,1H3,(H2,22,26)(H,23,24)/t18-/m0/s1. The Hall–Kier alpha value is -3.03. The fraction of sp³-hybridized carbons (Fsp3) is 0.286. The Bertz CT molecular complexity index is 790. The van der Waals surface area contributed by atoms with Crippen molar-refractivity contribution >= 4 is 17.6 Å². The summed E-state index contributed by atoms with van der Waals surface area (Å²) in [5.41, 5.74) is 7.31. The number of carbonyl (C=O) groups is 3. The number of methoxy groups -OCH3 is 1. The van der Waals surface area contributed by atoms with Crippen LogP contribution in [0.25, 0.3) is 0 Å². The van der Waals surface area contributed by atoms with E-state index in [1.165, 1.54) is 7.11 Å². The minimum atomic E-state index is -0.866. The highest BCUT2D eigenvalue weighted by molar-refractivity contribution is 6.08. The molecular weight excluding hydrogens is 360 g/mol. The number of nitrogens with two attached hydrogens (primary N) is 1. The first-order chi connectivity index (χ1) is 13.5. The summed E-state index contributed by atoms with van der Waals surface area (Å²) in [6.45, 7) is 0.473. The van der Waals surface area contributed by atoms with Crippen LogP contribution in [-0.2, 0) is 25.5 Å². The van der Waals surface area contributed by atoms with Gasteiger partial charge in [0.2, 0.25) is 11.8 Å². The number of hydrogen-bond donors (Lipinski definition) is 2. The van der Waals surface area contributed by atoms with Crippen LogP contribution in [0, 0.1) is 0 Å². The van der Waals surface area contributed by atoms with Crippen LogP contribution in [0.4, 0.5) is 0 Å². The van der Waals surface area contributed by atoms with E-state index in [-0.39, 0.29) is 25.4 Å². The Kier molecular flexibility index (Phi) is 8.33. The molecule has 2 rings (SSSR count). The maximum atomic E-state index is 12.4. The Morgan fingerprint density at radius 1 is 0.964 bits per heavy atom. The molecule has 0 aliphatic heterocycles. The second kappa shape index (κ2) is 11.0. The lowest BCUT2D eigenvalue weighted by molar-refractivity contribution is -0.130. The fourth-order valence-corrected chi connectivity index (χ4v) is 2.55. The van der Waals surface area contributed by atoms with Gasteiger partial charge in [0, 0.05) is 24.7 Å². The quantitative estimate of drug-likeness (QED) is 0.445. The number of benzene rings is 2. The number of nitrogens with one attached hydrogen (secondary N) is 1. The van der Waals surface area contributed by atoms with Gasteiger partial charge < -0.3 is 20.5 Å². The van der Waals surface area contributed by atoms with E-state index in [1.807, 2.05) is 6.07 Å². The Morgan fingerprint density at radius 2 is 1.61 bits per heavy atom. The number of amides is 2. The molecular formula is C21H24N2O5. The number of hydrogen-bond acceptors (Lipinski definition) is 5. The van der Waals surface area contributed by atoms with E-state index in [0.717, 1.165) is 5.56 Å². The van der Waals surface area contributed by atoms with E-state index in [4.69, 9.17) is 15.2 Å². The molecule has 0 aliphatic rings. The van der Waals surface area contributed by atoms with Gasteiger partial charge in [-0.2, -0.15) is 0 Å². The van der Waals surface area contributed by atoms with Gasteiger partial charge in [-0.15, -0.1) is 0 Å². The summed E-state index contributed by atoms with van der Waals surface area (Å²) in [5.74, 6) is -1.16. The van der Waals surface area contributed by atoms with Crippen LogP contribution < -0.4 is 11.1 Å². The highest BCUT2D eigenvalue weighted by Crippen LogP contribution is 2.12. The van der Waals surface area contributed by atoms with E-state index >= 15 is 0 Å². The summed E-state index contributed by atoms with van der Waals surface area (Å²) in [4.78, 5) is 36.0. The molecule has 0 spiro atoms. The van der Waals surface area contributed by atoms with Crippen molar-refractivity contribution in [3.05, 3.63) is 71.3 Å². The van der Waals surface area contributed by atoms with Gasteiger partial charge in [0.25, 0.3) is 0 Å². The fourth-order valence-electron chi connectivity index (χ4n) is 2.55. The molecule has 0 saturated heterocycles. The lowest BCUT2D eigenvalue weighted by atomic mass is 9.99. The molecule has 2 amide bonds. The summed E-state index contributed by atoms with van der Waals surface area (Å²) in [6, 6.07) is 15.0. The lowest BCUT2D eigenvalue weighted by Crippen LogP contribution is -2.47. The van der Waals surface area contributed by atoms with Crippen molar-refractivity contribution in [3.63, 3.8) is 0 Å². The Labute approximate surface area is 163 Å². The van der Waals surface area contributed by atoms with Gasteiger partial charge in [-0.1, -0.05) is 54.6 Å². The van der Waals surface area contributed by atoms with Crippen molar-refractivity contribution in [2.24, 2.45) is 5.73 Å². The molecule has 2 aromatic carbocycles. The third-order valence-electron chi connectivity index (χ3n) is 4.04. The Balaban J connectivity index is 1.95. The number of ether oxygens (including phenoxy) is 2. The SMILES string of the molecule is COCCOCC(=O)N[C@@H](Cc1ccc(C(=O)c2ccccc2)cc1)C(N)=O. The first kappa shape index (κ1) is 21.3. The average Bonchev–Trinajstić information content (AvgIpc) is 2.71. The molecule has 3 N–H and O–H groups in total. The number of carbonyl (C=O) groups excluding carboxylic acids is 3. The number of rotatable bonds is 11. The first-order valence-corrected chi connectivity index (χ1v) is 8.85. The molecule has 2 aromatic rings. The van der Waals surface area contributed by atoms with Crippen LogP contribution in [0.15, 0.2) is 54.6 Å². The topological polar surface area (TPSA) is 108 Å². The lowest BCUT2D eigenvalue weighted by Gasteiger charge is -2.16. The van der Waals surface area contributed by atoms with Crippen molar-refractivity contribution < 1.29 is 23.9 Å². The molecule has 0 bridgehead atoms. The summed E-state index contributed by atoms with van der Waals surface area (Å²) in [6.07, 6.45) is 0.221. The van der Waals surface area contributed by atoms with E-state index in [1.54, 1.807) is 48.5 Å². The zero-order chi connectivity index (χ0) is 20.4. The molecule has 28 heavy (non-hydrogen) atoms. The number of ketones is 1. The summed E-state index contributed by atoms with van der Waals surface area (Å²) in [7, 11) is 1.53. The van der Waals surface area contributed by atoms with Crippen molar-refractivity contribution in [1.29, 1.82) is 0 Å². The van der Waals surface area contributed by atoms with Gasteiger partial charge in [0.05, 0.1) is 13.2 Å². The molecule has 0 heterocycles. The molecule has 7 heteroatoms. The molecule has 7 nitrogen and oxygen atoms in total. The monoisotopic (exact) mass is 384 g/mol. The summed E-state index contributed by atoms with van der Waals surface area (Å²) < 4.78 is 9.95. The summed E-state index contributed by atoms with van der Waals surface area (Å²) in [5, 5.41) is 2.56. The zero-order valence-electron chi connectivity index (χ0n) is 15.7. The van der Waals surface area contributed by atoms with Crippen LogP contribution in [0.2, 0.25) is 0 Å². The summed E-state index contributed by atoms with van der Waals surface area (Å²) >= 11 is 0. The van der Waals surface area contributed by atoms with Gasteiger partial charge >= 0.3 is 0 Å². The predicted molar refractivity (Wildman–Crippen MR) is 104 cm³/mol. The second-order valence-electron chi connectivity index (χ2n) is 6.16. The van der Waals surface area contributed by atoms with Crippen molar-refractivity contribution in [2.75, 3.05) is 26.9 Å². The van der Waals surface area contributed by atoms with Gasteiger partial charge in [-0.25, -0.2) is 0 Å². The Morgan fingerprint density at radius 3 is 2.21 bits per heavy atom. The molecule has 0 aromatic heterocycles. The molecule has 0 unspecified atom stereocenters. The van der Waals surface area contributed by atoms with Crippen LogP contribution in [-0.4, -0.2) is 50.6 Å². The highest BCUT2D eigenvalue weighted by Gasteiger charge is 2.19. The molecule has 1 atom stereocenters. The molecule has 0 fully saturated rings. The van der Waals surface area contributed by atoms with Gasteiger partial charge in [-0.3, -0.25) is 14.4 Å². The van der Waals surface area contributed by atoms with Crippen molar-refractivity contribution in [2.45, 2.75) is 12.5 Å². The molecule has 0 saturated carbocycles. The third kappa shape index (κ3) is 6.61. The predicted octanol–water partition coefficient (Wildman–Crippen LogP) is 1.09. The molecule has 148 valence electrons. The van der Waals surface area contributed by atoms with Crippen LogP contribution in [0.5, 0.6) is 0 Å². The highest BCUT2D eigenvalue weighted by atomic mass is 16.5. The van der Waals surface area contributed by atoms with E-state index in [0.29, 0.717) is 17.7 Å². The minimum absolute atomic E-state index is 0.0832. The molecule has 0 aliphatic carbocycles. The smallest absolute Gasteiger partial charge is 0.246 e. The normalized spacial score (nSPS) is 11.6.